The lowest BCUT2D eigenvalue weighted by Gasteiger charge is -2.75. The maximum atomic E-state index is 15.7. The van der Waals surface area contributed by atoms with Gasteiger partial charge in [-0.25, -0.2) is 4.79 Å². The van der Waals surface area contributed by atoms with Crippen molar-refractivity contribution >= 4 is 12.3 Å². The Bertz CT molecular complexity index is 2870. The Kier molecular flexibility index (Phi) is 11.9. The Morgan fingerprint density at radius 3 is 2.45 bits per heavy atom. The summed E-state index contributed by atoms with van der Waals surface area (Å²) in [5.41, 5.74) is -4.50. The molecule has 416 valence electrons. The number of carbonyl (C=O) groups excluding carboxylic acids is 2. The summed E-state index contributed by atoms with van der Waals surface area (Å²) in [6.45, 7) is 0.198. The van der Waals surface area contributed by atoms with Crippen LogP contribution in [0, 0.1) is 105 Å². The van der Waals surface area contributed by atoms with Crippen LogP contribution in [0.5, 0.6) is 0 Å². The number of aliphatic hydroxyl groups is 5. The van der Waals surface area contributed by atoms with Crippen molar-refractivity contribution in [3.63, 3.8) is 0 Å². The van der Waals surface area contributed by atoms with Gasteiger partial charge in [0.05, 0.1) is 35.9 Å². The summed E-state index contributed by atoms with van der Waals surface area (Å²) in [6.07, 6.45) is 22.8. The van der Waals surface area contributed by atoms with Crippen LogP contribution in [0.3, 0.4) is 0 Å². The molecule has 0 radical (unpaired) electrons. The summed E-state index contributed by atoms with van der Waals surface area (Å²) < 4.78 is 13.9. The van der Waals surface area contributed by atoms with Crippen molar-refractivity contribution < 1.29 is 44.6 Å². The molecule has 0 aromatic heterocycles. The van der Waals surface area contributed by atoms with E-state index in [0.717, 1.165) is 67.2 Å². The van der Waals surface area contributed by atoms with E-state index in [2.05, 4.69) is 59.6 Å². The van der Waals surface area contributed by atoms with Gasteiger partial charge in [-0.15, -0.1) is 0 Å². The maximum absolute atomic E-state index is 15.7. The fourth-order valence-electron chi connectivity index (χ4n) is 24.5. The standard InChI is InChI=1S/C68H85NO9/c1-69-57-32-51-42(16-9-18-45(51)36-70)15-7-8-24-63-25-22-58-62(38-71)37-64-47(28-46-27-43(20-21-54(46)64)40-11-3-2-4-12-40)23-26-77-61(64)56-29-44-17-10-19-50(41-13-5-6-14-41)52(44)31-49(68(56,62)76)34-66(58,74)67(63,75)35-48-30-53(57)60-55(33-59(73)78-60)65(48,63)39-72/h2-4,9-12,16-18,33,38,41,43-44,46-50,52-54,56-58,60-61,69-70,72,74-76H,5-6,8,13-14,19-32,34-37,39H2,1H3/t43-,44-,46+,47+,48-,49+,50+,52-,53+,54+,56+,57-,58+,60+,61+,62-,63+,64+,65+,66-,67+,68-/m0/s1. The van der Waals surface area contributed by atoms with Gasteiger partial charge in [-0.1, -0.05) is 92.1 Å². The smallest absolute Gasteiger partial charge is 0.331 e. The van der Waals surface area contributed by atoms with Crippen LogP contribution < -0.4 is 5.32 Å². The first kappa shape index (κ1) is 51.2. The second kappa shape index (κ2) is 18.2. The van der Waals surface area contributed by atoms with Gasteiger partial charge in [-0.3, -0.25) is 0 Å². The van der Waals surface area contributed by atoms with Crippen LogP contribution in [0.15, 0.2) is 72.3 Å². The molecule has 2 aliphatic heterocycles. The molecule has 22 atom stereocenters. The zero-order valence-corrected chi connectivity index (χ0v) is 46.0. The highest BCUT2D eigenvalue weighted by Gasteiger charge is 2.88. The molecule has 0 amide bonds. The van der Waals surface area contributed by atoms with Gasteiger partial charge in [0.2, 0.25) is 0 Å². The number of benzene rings is 2. The van der Waals surface area contributed by atoms with Crippen LogP contribution in [-0.4, -0.2) is 93.1 Å². The Morgan fingerprint density at radius 2 is 1.65 bits per heavy atom. The molecular formula is C68H85NO9. The van der Waals surface area contributed by atoms with Gasteiger partial charge >= 0.3 is 5.97 Å². The molecule has 14 aliphatic rings. The molecule has 10 nitrogen and oxygen atoms in total. The number of carbonyl (C=O) groups is 2. The molecule has 2 aromatic carbocycles. The second-order valence-corrected chi connectivity index (χ2v) is 28.6. The monoisotopic (exact) mass is 1060 g/mol. The predicted octanol–water partition coefficient (Wildman–Crippen LogP) is 8.93. The third-order valence-electron chi connectivity index (χ3n) is 27.1. The topological polar surface area (TPSA) is 166 Å². The number of rotatable bonds is 6. The molecule has 4 bridgehead atoms. The van der Waals surface area contributed by atoms with Crippen molar-refractivity contribution in [3.05, 3.63) is 94.6 Å². The molecule has 10 heteroatoms. The van der Waals surface area contributed by atoms with E-state index in [-0.39, 0.29) is 73.2 Å². The first-order valence-electron chi connectivity index (χ1n) is 31.3. The van der Waals surface area contributed by atoms with Crippen molar-refractivity contribution in [2.45, 2.75) is 182 Å². The molecule has 0 unspecified atom stereocenters. The zero-order chi connectivity index (χ0) is 53.2. The number of aliphatic hydroxyl groups excluding tert-OH is 2. The van der Waals surface area contributed by atoms with Crippen LogP contribution in [-0.2, 0) is 32.1 Å². The molecular weight excluding hydrogens is 975 g/mol. The van der Waals surface area contributed by atoms with E-state index in [1.54, 1.807) is 6.08 Å². The minimum atomic E-state index is -1.84. The minimum Gasteiger partial charge on any atom is -0.454 e. The van der Waals surface area contributed by atoms with E-state index in [1.807, 2.05) is 25.2 Å². The minimum absolute atomic E-state index is 0.133. The lowest BCUT2D eigenvalue weighted by Crippen LogP contribution is -2.83. The highest BCUT2D eigenvalue weighted by Crippen LogP contribution is 2.83. The second-order valence-electron chi connectivity index (χ2n) is 28.6. The Hall–Kier alpha value is -3.66. The number of fused-ring (bicyclic) bond motifs is 9. The molecule has 2 aromatic rings. The number of esters is 1. The molecule has 12 aliphatic carbocycles. The van der Waals surface area contributed by atoms with E-state index >= 15 is 20.1 Å². The molecule has 78 heavy (non-hydrogen) atoms. The lowest BCUT2D eigenvalue weighted by atomic mass is 9.31. The zero-order valence-electron chi connectivity index (χ0n) is 46.0. The fraction of sp³-hybridized carbons (Fsp3) is 0.706. The van der Waals surface area contributed by atoms with Gasteiger partial charge in [0.1, 0.15) is 18.0 Å². The number of hydrogen-bond donors (Lipinski definition) is 6. The first-order valence-corrected chi connectivity index (χ1v) is 31.3. The van der Waals surface area contributed by atoms with Crippen molar-refractivity contribution in [3.8, 4) is 11.8 Å². The third-order valence-corrected chi connectivity index (χ3v) is 27.1. The van der Waals surface area contributed by atoms with Crippen molar-refractivity contribution in [1.82, 2.24) is 5.32 Å². The van der Waals surface area contributed by atoms with E-state index in [0.29, 0.717) is 93.5 Å². The van der Waals surface area contributed by atoms with Crippen molar-refractivity contribution in [2.75, 3.05) is 20.3 Å². The number of likely N-dealkylation sites (N-methyl/N-ethyl adjacent to an activating group) is 1. The number of hydrogen-bond acceptors (Lipinski definition) is 10. The highest BCUT2D eigenvalue weighted by molar-refractivity contribution is 5.87. The lowest BCUT2D eigenvalue weighted by molar-refractivity contribution is -0.369. The van der Waals surface area contributed by atoms with Gasteiger partial charge in [-0.05, 0) is 197 Å². The summed E-state index contributed by atoms with van der Waals surface area (Å²) in [5, 5.41) is 72.2. The van der Waals surface area contributed by atoms with E-state index in [1.165, 1.54) is 37.5 Å². The highest BCUT2D eigenvalue weighted by atomic mass is 16.5. The average molecular weight is 1060 g/mol. The van der Waals surface area contributed by atoms with E-state index < -0.39 is 57.0 Å². The van der Waals surface area contributed by atoms with Gasteiger partial charge < -0.3 is 45.1 Å². The molecule has 2 heterocycles. The molecule has 1 saturated heterocycles. The van der Waals surface area contributed by atoms with Crippen LogP contribution >= 0.6 is 0 Å². The first-order chi connectivity index (χ1) is 37.9. The Balaban J connectivity index is 0.920. The van der Waals surface area contributed by atoms with Crippen molar-refractivity contribution in [2.24, 2.45) is 92.7 Å². The maximum Gasteiger partial charge on any atom is 0.331 e. The van der Waals surface area contributed by atoms with Gasteiger partial charge in [-0.2, -0.15) is 0 Å². The van der Waals surface area contributed by atoms with Crippen LogP contribution in [0.1, 0.15) is 157 Å². The average Bonchev–Trinajstić information content (AvgIpc) is 2.42. The predicted molar refractivity (Wildman–Crippen MR) is 294 cm³/mol. The SMILES string of the molecule is CN[C@H]1Cc2c(cccc2CO)C#CCC[C@]23CC[C@H]4[C@@](O)(C[C@H]5C[C@@H]6[C@@H](C7CCCC7)CC=C[C@H]6C[C@@H]6[C@H]7OCC[C@@H]8C[C@H]9C[C@@H](c%10ccccc%10)CC[C@H]9[C@@]87C[C@@]4(C=O)[C@]56O)[C@@]2(O)C[C@@H]2C[C@H]1[C@H]1OC(=O)C=C1[C@@]23CO. The van der Waals surface area contributed by atoms with E-state index in [4.69, 9.17) is 9.47 Å². The number of allylic oxidation sites excluding steroid dienone is 2. The van der Waals surface area contributed by atoms with Crippen LogP contribution in [0.25, 0.3) is 0 Å². The number of ether oxygens (including phenoxy) is 2. The summed E-state index contributed by atoms with van der Waals surface area (Å²) in [7, 11) is 1.93. The molecule has 9 saturated carbocycles. The van der Waals surface area contributed by atoms with Crippen molar-refractivity contribution in [1.29, 1.82) is 0 Å². The quantitative estimate of drug-likeness (QED) is 0.0713. The number of nitrogens with one attached hydrogen (secondary N) is 1. The largest absolute Gasteiger partial charge is 0.454 e. The molecule has 16 rings (SSSR count). The third kappa shape index (κ3) is 6.37. The summed E-state index contributed by atoms with van der Waals surface area (Å²) in [6, 6.07) is 16.7. The van der Waals surface area contributed by atoms with Gasteiger partial charge in [0, 0.05) is 64.7 Å². The number of aldehydes is 1. The normalized spacial score (nSPS) is 50.3. The van der Waals surface area contributed by atoms with Crippen LogP contribution in [0.2, 0.25) is 0 Å². The molecule has 6 N–H and O–H groups in total. The summed E-state index contributed by atoms with van der Waals surface area (Å²) in [5.74, 6) is 7.51. The van der Waals surface area contributed by atoms with Crippen LogP contribution in [0.4, 0.5) is 0 Å². The Labute approximate surface area is 462 Å². The summed E-state index contributed by atoms with van der Waals surface area (Å²) >= 11 is 0. The molecule has 10 fully saturated rings. The van der Waals surface area contributed by atoms with E-state index in [9.17, 15) is 15.0 Å². The molecule has 2 spiro atoms. The summed E-state index contributed by atoms with van der Waals surface area (Å²) in [4.78, 5) is 29.8. The van der Waals surface area contributed by atoms with Gasteiger partial charge in [0.25, 0.3) is 0 Å². The fourth-order valence-corrected chi connectivity index (χ4v) is 24.5. The Morgan fingerprint density at radius 1 is 0.821 bits per heavy atom. The van der Waals surface area contributed by atoms with Gasteiger partial charge in [0.15, 0.2) is 0 Å².